The lowest BCUT2D eigenvalue weighted by atomic mass is 9.72. The van der Waals surface area contributed by atoms with Gasteiger partial charge in [-0.1, -0.05) is 116 Å². The van der Waals surface area contributed by atoms with E-state index in [-0.39, 0.29) is 46.9 Å². The Labute approximate surface area is 420 Å². The van der Waals surface area contributed by atoms with Gasteiger partial charge >= 0.3 is 0 Å². The van der Waals surface area contributed by atoms with Crippen LogP contribution >= 0.6 is 0 Å². The Balaban J connectivity index is 0.797. The highest BCUT2D eigenvalue weighted by Gasteiger charge is 2.32. The highest BCUT2D eigenvalue weighted by Crippen LogP contribution is 2.44. The van der Waals surface area contributed by atoms with Gasteiger partial charge in [-0.3, -0.25) is 0 Å². The van der Waals surface area contributed by atoms with Crippen molar-refractivity contribution in [3.63, 3.8) is 0 Å². The van der Waals surface area contributed by atoms with Gasteiger partial charge in [0.2, 0.25) is 5.92 Å². The van der Waals surface area contributed by atoms with Gasteiger partial charge in [0.25, 0.3) is 0 Å². The minimum atomic E-state index is -2.72. The van der Waals surface area contributed by atoms with Gasteiger partial charge in [0.1, 0.15) is 23.1 Å². The molecule has 2 nitrogen and oxygen atoms in total. The lowest BCUT2D eigenvalue weighted by molar-refractivity contribution is -0.0207. The van der Waals surface area contributed by atoms with Crippen LogP contribution in [0.5, 0.6) is 11.5 Å². The second kappa shape index (κ2) is 27.8. The van der Waals surface area contributed by atoms with Crippen LogP contribution in [0.1, 0.15) is 205 Å². The van der Waals surface area contributed by atoms with Crippen LogP contribution in [0.3, 0.4) is 0 Å². The van der Waals surface area contributed by atoms with Crippen LogP contribution < -0.4 is 9.47 Å². The van der Waals surface area contributed by atoms with Gasteiger partial charge in [0, 0.05) is 47.2 Å². The molecule has 1 unspecified atom stereocenters. The molecule has 2 aliphatic carbocycles. The quantitative estimate of drug-likeness (QED) is 0.0417. The summed E-state index contributed by atoms with van der Waals surface area (Å²) in [6.45, 7) is 9.55. The molecule has 4 aromatic carbocycles. The highest BCUT2D eigenvalue weighted by atomic mass is 19.3. The fourth-order valence-corrected chi connectivity index (χ4v) is 11.9. The summed E-state index contributed by atoms with van der Waals surface area (Å²) in [7, 11) is 0. The van der Waals surface area contributed by atoms with Crippen molar-refractivity contribution in [3.05, 3.63) is 107 Å². The van der Waals surface area contributed by atoms with Crippen molar-refractivity contribution < 1.29 is 44.6 Å². The van der Waals surface area contributed by atoms with E-state index in [2.05, 4.69) is 27.7 Å². The fourth-order valence-electron chi connectivity index (χ4n) is 11.9. The summed E-state index contributed by atoms with van der Waals surface area (Å²) in [6.07, 6.45) is 18.3. The monoisotopic (exact) mass is 997 g/mol. The molecule has 0 radical (unpaired) electrons. The summed E-state index contributed by atoms with van der Waals surface area (Å²) in [6, 6.07) is 14.5. The van der Waals surface area contributed by atoms with Crippen molar-refractivity contribution in [3.8, 4) is 33.8 Å². The van der Waals surface area contributed by atoms with E-state index in [1.807, 2.05) is 0 Å². The summed E-state index contributed by atoms with van der Waals surface area (Å²) < 4.78 is 133. The third-order valence-electron chi connectivity index (χ3n) is 16.3. The van der Waals surface area contributed by atoms with Crippen LogP contribution in [0.2, 0.25) is 0 Å². The SMILES string of the molecule is CCCC(C)C1CCC(c2ccc(-c3ccc(OCCCCCCCC(F)(F)CCCCCCCOc4ccc(-c5ccc(C6CCC(C(CC)CC)CC6)c(F)c5F)c(F)c4)cc3F)c(F)c2F)CC1. The second-order valence-electron chi connectivity index (χ2n) is 21.1. The molecule has 2 saturated carbocycles. The maximum Gasteiger partial charge on any atom is 0.248 e. The van der Waals surface area contributed by atoms with Crippen LogP contribution in [0.25, 0.3) is 22.3 Å². The molecule has 1 atom stereocenters. The number of halogens is 8. The minimum Gasteiger partial charge on any atom is -0.493 e. The zero-order valence-corrected chi connectivity index (χ0v) is 43.0. The molecule has 0 heterocycles. The fraction of sp³-hybridized carbons (Fsp3) is 0.607. The Kier molecular flexibility index (Phi) is 22.0. The van der Waals surface area contributed by atoms with E-state index in [1.165, 1.54) is 42.8 Å². The maximum absolute atomic E-state index is 15.4. The van der Waals surface area contributed by atoms with Crippen molar-refractivity contribution in [1.82, 2.24) is 0 Å². The molecule has 0 aliphatic heterocycles. The first-order valence-corrected chi connectivity index (χ1v) is 27.4. The molecular weight excluding hydrogens is 917 g/mol. The molecule has 6 rings (SSSR count). The molecule has 2 aliphatic rings. The normalized spacial score (nSPS) is 19.1. The molecule has 4 aromatic rings. The standard InChI is InChI=1S/C61H80F8O2/c1-5-18-41(4)43-19-23-45(24-20-43)49-31-33-53(59(66)57(49)64)51-29-27-47(39-55(51)62)70-37-16-12-8-10-14-35-61(68,69)36-15-11-9-13-17-38-71-48-28-30-52(56(63)40-48)54-34-32-50(58(65)60(54)67)46-25-21-44(22-26-46)42(6-2)7-3/h27-34,39-46H,5-26,35-38H2,1-4H3. The second-order valence-corrected chi connectivity index (χ2v) is 21.1. The van der Waals surface area contributed by atoms with Crippen molar-refractivity contribution >= 4 is 0 Å². The summed E-state index contributed by atoms with van der Waals surface area (Å²) in [5, 5.41) is 0. The van der Waals surface area contributed by atoms with Gasteiger partial charge < -0.3 is 9.47 Å². The average molecular weight is 997 g/mol. The van der Waals surface area contributed by atoms with Gasteiger partial charge in [-0.25, -0.2) is 35.1 Å². The summed E-state index contributed by atoms with van der Waals surface area (Å²) in [4.78, 5) is 0. The molecule has 2 fully saturated rings. The first kappa shape index (κ1) is 56.2. The van der Waals surface area contributed by atoms with E-state index < -0.39 is 40.8 Å². The zero-order valence-electron chi connectivity index (χ0n) is 43.0. The van der Waals surface area contributed by atoms with Gasteiger partial charge in [0.15, 0.2) is 23.3 Å². The third-order valence-corrected chi connectivity index (χ3v) is 16.3. The third kappa shape index (κ3) is 15.7. The van der Waals surface area contributed by atoms with Crippen LogP contribution in [-0.2, 0) is 0 Å². The van der Waals surface area contributed by atoms with Gasteiger partial charge in [-0.2, -0.15) is 0 Å². The number of unbranched alkanes of at least 4 members (excludes halogenated alkanes) is 8. The molecule has 0 spiro atoms. The molecule has 0 amide bonds. The van der Waals surface area contributed by atoms with Crippen molar-refractivity contribution in [2.24, 2.45) is 23.7 Å². The van der Waals surface area contributed by atoms with E-state index in [0.29, 0.717) is 98.0 Å². The Morgan fingerprint density at radius 1 is 0.479 bits per heavy atom. The zero-order chi connectivity index (χ0) is 50.9. The molecule has 0 bridgehead atoms. The molecule has 0 saturated heterocycles. The smallest absolute Gasteiger partial charge is 0.248 e. The van der Waals surface area contributed by atoms with E-state index >= 15 is 26.3 Å². The Hall–Kier alpha value is -4.08. The Morgan fingerprint density at radius 3 is 1.28 bits per heavy atom. The average Bonchev–Trinajstić information content (AvgIpc) is 3.36. The van der Waals surface area contributed by atoms with E-state index in [0.717, 1.165) is 96.3 Å². The van der Waals surface area contributed by atoms with Crippen LogP contribution in [0.4, 0.5) is 35.1 Å². The first-order chi connectivity index (χ1) is 34.2. The number of benzene rings is 4. The molecule has 10 heteroatoms. The van der Waals surface area contributed by atoms with Crippen molar-refractivity contribution in [2.45, 2.75) is 200 Å². The van der Waals surface area contributed by atoms with Gasteiger partial charge in [-0.15, -0.1) is 0 Å². The topological polar surface area (TPSA) is 18.5 Å². The predicted octanol–water partition coefficient (Wildman–Crippen LogP) is 20.0. The Morgan fingerprint density at radius 2 is 0.873 bits per heavy atom. The molecule has 0 N–H and O–H groups in total. The molecule has 392 valence electrons. The van der Waals surface area contributed by atoms with E-state index in [4.69, 9.17) is 9.47 Å². The van der Waals surface area contributed by atoms with Crippen molar-refractivity contribution in [1.29, 1.82) is 0 Å². The number of ether oxygens (including phenoxy) is 2. The van der Waals surface area contributed by atoms with Gasteiger partial charge in [0.05, 0.1) is 13.2 Å². The number of hydrogen-bond donors (Lipinski definition) is 0. The summed E-state index contributed by atoms with van der Waals surface area (Å²) in [5.74, 6) is -4.85. The molecule has 0 aromatic heterocycles. The lowest BCUT2D eigenvalue weighted by Crippen LogP contribution is -2.21. The van der Waals surface area contributed by atoms with Crippen LogP contribution in [-0.4, -0.2) is 19.1 Å². The van der Waals surface area contributed by atoms with E-state index in [1.54, 1.807) is 24.3 Å². The summed E-state index contributed by atoms with van der Waals surface area (Å²) in [5.41, 5.74) is 0.504. The van der Waals surface area contributed by atoms with E-state index in [9.17, 15) is 8.78 Å². The maximum atomic E-state index is 15.4. The number of alkyl halides is 2. The first-order valence-electron chi connectivity index (χ1n) is 27.4. The summed E-state index contributed by atoms with van der Waals surface area (Å²) >= 11 is 0. The highest BCUT2D eigenvalue weighted by molar-refractivity contribution is 5.67. The molecular formula is C61H80F8O2. The Bertz CT molecular complexity index is 2240. The lowest BCUT2D eigenvalue weighted by Gasteiger charge is -2.33. The van der Waals surface area contributed by atoms with Crippen LogP contribution in [0.15, 0.2) is 60.7 Å². The largest absolute Gasteiger partial charge is 0.493 e. The van der Waals surface area contributed by atoms with Gasteiger partial charge in [-0.05, 0) is 148 Å². The minimum absolute atomic E-state index is 0.0203. The molecule has 71 heavy (non-hydrogen) atoms. The predicted molar refractivity (Wildman–Crippen MR) is 272 cm³/mol. The van der Waals surface area contributed by atoms with Crippen molar-refractivity contribution in [2.75, 3.05) is 13.2 Å². The van der Waals surface area contributed by atoms with Crippen LogP contribution in [0, 0.1) is 58.6 Å². The number of rotatable bonds is 28. The number of hydrogen-bond acceptors (Lipinski definition) is 2.